The van der Waals surface area contributed by atoms with Crippen LogP contribution in [0.3, 0.4) is 0 Å². The Labute approximate surface area is 83.0 Å². The Morgan fingerprint density at radius 2 is 2.00 bits per heavy atom. The number of hydrogen-bond acceptors (Lipinski definition) is 2. The summed E-state index contributed by atoms with van der Waals surface area (Å²) in [6.45, 7) is 12.7. The van der Waals surface area contributed by atoms with Crippen molar-refractivity contribution in [3.63, 3.8) is 0 Å². The minimum Gasteiger partial charge on any atom is -0.393 e. The number of rotatable bonds is 2. The summed E-state index contributed by atoms with van der Waals surface area (Å²) in [6, 6.07) is 0. The summed E-state index contributed by atoms with van der Waals surface area (Å²) in [5, 5.41) is 9.74. The molecule has 1 N–H and O–H groups in total. The first kappa shape index (κ1) is 11.2. The number of hydrogen-bond donors (Lipinski definition) is 1. The Bertz CT molecular complexity index is 186. The van der Waals surface area contributed by atoms with Gasteiger partial charge in [0.25, 0.3) is 0 Å². The molecule has 0 saturated carbocycles. The fourth-order valence-corrected chi connectivity index (χ4v) is 3.40. The monoisotopic (exact) mass is 200 g/mol. The molecule has 0 aliphatic carbocycles. The van der Waals surface area contributed by atoms with Crippen LogP contribution in [0.4, 0.5) is 0 Å². The van der Waals surface area contributed by atoms with Gasteiger partial charge in [0.1, 0.15) is 0 Å². The van der Waals surface area contributed by atoms with Crippen LogP contribution in [0, 0.1) is 12.8 Å². The summed E-state index contributed by atoms with van der Waals surface area (Å²) in [4.78, 5) is 2.28. The molecule has 1 aliphatic heterocycles. The zero-order valence-corrected chi connectivity index (χ0v) is 10.3. The number of likely N-dealkylation sites (tertiary alicyclic amines) is 1. The maximum atomic E-state index is 10.4. The molecule has 0 aromatic rings. The first-order chi connectivity index (χ1) is 5.75. The van der Waals surface area contributed by atoms with Crippen molar-refractivity contribution in [2.75, 3.05) is 20.1 Å². The van der Waals surface area contributed by atoms with Crippen molar-refractivity contribution in [2.45, 2.75) is 31.3 Å². The maximum absolute atomic E-state index is 10.4. The minimum absolute atomic E-state index is 0.379. The number of nitrogens with zero attached hydrogens (tertiary/aromatic N) is 1. The zero-order chi connectivity index (χ0) is 10.3. The van der Waals surface area contributed by atoms with Crippen LogP contribution < -0.4 is 0 Å². The maximum Gasteiger partial charge on any atom is 0.0824 e. The third-order valence-electron chi connectivity index (χ3n) is 3.37. The van der Waals surface area contributed by atoms with Gasteiger partial charge in [-0.2, -0.15) is 0 Å². The van der Waals surface area contributed by atoms with Crippen molar-refractivity contribution in [1.82, 2.24) is 4.90 Å². The van der Waals surface area contributed by atoms with Crippen molar-refractivity contribution < 1.29 is 5.11 Å². The summed E-state index contributed by atoms with van der Waals surface area (Å²) >= 11 is 0. The Kier molecular flexibility index (Phi) is 2.91. The lowest BCUT2D eigenvalue weighted by Crippen LogP contribution is -2.55. The van der Waals surface area contributed by atoms with Crippen LogP contribution in [0.15, 0.2) is 0 Å². The van der Waals surface area contributed by atoms with E-state index >= 15 is 0 Å². The molecule has 13 heavy (non-hydrogen) atoms. The van der Waals surface area contributed by atoms with Gasteiger partial charge in [-0.25, -0.2) is 0 Å². The zero-order valence-electron chi connectivity index (χ0n) is 9.30. The van der Waals surface area contributed by atoms with Gasteiger partial charge in [-0.15, -0.1) is 0 Å². The molecule has 2 unspecified atom stereocenters. The van der Waals surface area contributed by atoms with Crippen molar-refractivity contribution >= 4 is 8.07 Å². The molecular formula is C10H22NOSi. The van der Waals surface area contributed by atoms with Crippen molar-refractivity contribution in [2.24, 2.45) is 5.92 Å². The molecule has 1 heterocycles. The van der Waals surface area contributed by atoms with E-state index in [0.717, 1.165) is 19.5 Å². The fourth-order valence-electron chi connectivity index (χ4n) is 1.94. The summed E-state index contributed by atoms with van der Waals surface area (Å²) < 4.78 is 0. The lowest BCUT2D eigenvalue weighted by molar-refractivity contribution is 0.0988. The van der Waals surface area contributed by atoms with E-state index in [9.17, 15) is 5.11 Å². The van der Waals surface area contributed by atoms with E-state index in [4.69, 9.17) is 0 Å². The highest BCUT2D eigenvalue weighted by atomic mass is 28.3. The topological polar surface area (TPSA) is 23.5 Å². The predicted molar refractivity (Wildman–Crippen MR) is 59.3 cm³/mol. The molecule has 1 aliphatic rings. The van der Waals surface area contributed by atoms with E-state index in [1.807, 2.05) is 0 Å². The highest BCUT2D eigenvalue weighted by Crippen LogP contribution is 2.33. The molecule has 1 saturated heterocycles. The average Bonchev–Trinajstić information content (AvgIpc) is 2.33. The van der Waals surface area contributed by atoms with E-state index in [2.05, 4.69) is 38.5 Å². The molecule has 0 amide bonds. The molecule has 77 valence electrons. The third kappa shape index (κ3) is 2.14. The third-order valence-corrected chi connectivity index (χ3v) is 6.37. The fraction of sp³-hybridized carbons (Fsp3) is 0.900. The molecule has 0 aromatic carbocycles. The highest BCUT2D eigenvalue weighted by molar-refractivity contribution is 6.79. The van der Waals surface area contributed by atoms with Gasteiger partial charge in [0.15, 0.2) is 0 Å². The van der Waals surface area contributed by atoms with Crippen LogP contribution in [-0.2, 0) is 0 Å². The van der Waals surface area contributed by atoms with Crippen LogP contribution in [-0.4, -0.2) is 43.4 Å². The number of aliphatic hydroxyl groups is 1. The SMILES string of the molecule is [CH2]C(O)(C1CCN(C)C1)[Si](C)(C)C. The summed E-state index contributed by atoms with van der Waals surface area (Å²) in [5.74, 6) is 0.379. The second-order valence-corrected chi connectivity index (χ2v) is 10.8. The largest absolute Gasteiger partial charge is 0.393 e. The van der Waals surface area contributed by atoms with Crippen molar-refractivity contribution in [3.05, 3.63) is 6.92 Å². The van der Waals surface area contributed by atoms with Gasteiger partial charge in [0.2, 0.25) is 0 Å². The minimum atomic E-state index is -1.56. The molecule has 3 heteroatoms. The van der Waals surface area contributed by atoms with Crippen LogP contribution >= 0.6 is 0 Å². The second-order valence-electron chi connectivity index (χ2n) is 5.42. The standard InChI is InChI=1S/C10H22NOSi/c1-10(12,13(3,4)5)9-6-7-11(2)8-9/h9,12H,1,6-8H2,2-5H3. The van der Waals surface area contributed by atoms with Gasteiger partial charge >= 0.3 is 0 Å². The Morgan fingerprint density at radius 1 is 1.46 bits per heavy atom. The first-order valence-corrected chi connectivity index (χ1v) is 8.51. The van der Waals surface area contributed by atoms with E-state index in [1.54, 1.807) is 0 Å². The van der Waals surface area contributed by atoms with Gasteiger partial charge in [-0.1, -0.05) is 19.6 Å². The Morgan fingerprint density at radius 3 is 2.31 bits per heavy atom. The normalized spacial score (nSPS) is 30.5. The molecular weight excluding hydrogens is 178 g/mol. The predicted octanol–water partition coefficient (Wildman–Crippen LogP) is 1.38. The quantitative estimate of drug-likeness (QED) is 0.681. The summed E-state index contributed by atoms with van der Waals surface area (Å²) in [6.07, 6.45) is 1.10. The van der Waals surface area contributed by atoms with Gasteiger partial charge in [0, 0.05) is 6.54 Å². The molecule has 0 bridgehead atoms. The van der Waals surface area contributed by atoms with Crippen LogP contribution in [0.1, 0.15) is 6.42 Å². The van der Waals surface area contributed by atoms with Gasteiger partial charge in [-0.3, -0.25) is 0 Å². The summed E-state index contributed by atoms with van der Waals surface area (Å²) in [7, 11) is 0.550. The molecule has 1 radical (unpaired) electrons. The van der Waals surface area contributed by atoms with Gasteiger partial charge < -0.3 is 10.0 Å². The van der Waals surface area contributed by atoms with Crippen molar-refractivity contribution in [1.29, 1.82) is 0 Å². The Hall–Kier alpha value is 0.137. The molecule has 0 aromatic heterocycles. The van der Waals surface area contributed by atoms with Crippen LogP contribution in [0.2, 0.25) is 19.6 Å². The van der Waals surface area contributed by atoms with E-state index in [-0.39, 0.29) is 0 Å². The highest BCUT2D eigenvalue weighted by Gasteiger charge is 2.45. The molecule has 2 atom stereocenters. The lowest BCUT2D eigenvalue weighted by Gasteiger charge is -2.40. The Balaban J connectivity index is 2.70. The molecule has 1 fully saturated rings. The molecule has 2 nitrogen and oxygen atoms in total. The molecule has 0 spiro atoms. The first-order valence-electron chi connectivity index (χ1n) is 5.01. The average molecular weight is 200 g/mol. The molecule has 1 rings (SSSR count). The smallest absolute Gasteiger partial charge is 0.0824 e. The summed E-state index contributed by atoms with van der Waals surface area (Å²) in [5.41, 5.74) is 0. The van der Waals surface area contributed by atoms with E-state index in [0.29, 0.717) is 5.92 Å². The van der Waals surface area contributed by atoms with Crippen LogP contribution in [0.5, 0.6) is 0 Å². The van der Waals surface area contributed by atoms with Gasteiger partial charge in [-0.05, 0) is 32.9 Å². The second kappa shape index (κ2) is 3.37. The van der Waals surface area contributed by atoms with Crippen molar-refractivity contribution in [3.8, 4) is 0 Å². The van der Waals surface area contributed by atoms with E-state index in [1.165, 1.54) is 0 Å². The lowest BCUT2D eigenvalue weighted by atomic mass is 10.0. The van der Waals surface area contributed by atoms with E-state index < -0.39 is 13.3 Å². The van der Waals surface area contributed by atoms with Gasteiger partial charge in [0.05, 0.1) is 13.3 Å². The van der Waals surface area contributed by atoms with Crippen LogP contribution in [0.25, 0.3) is 0 Å².